The second-order valence-electron chi connectivity index (χ2n) is 6.01. The van der Waals surface area contributed by atoms with E-state index in [4.69, 9.17) is 18.6 Å². The van der Waals surface area contributed by atoms with Crippen LogP contribution in [0.25, 0.3) is 22.1 Å². The third-order valence-corrected chi connectivity index (χ3v) is 4.05. The van der Waals surface area contributed by atoms with Crippen LogP contribution >= 0.6 is 0 Å². The molecule has 0 saturated heterocycles. The molecule has 128 valence electrons. The summed E-state index contributed by atoms with van der Waals surface area (Å²) in [6.07, 6.45) is 2.59. The molecule has 2 heterocycles. The highest BCUT2D eigenvalue weighted by Crippen LogP contribution is 2.38. The summed E-state index contributed by atoms with van der Waals surface area (Å²) >= 11 is 0. The van der Waals surface area contributed by atoms with Gasteiger partial charge in [0.05, 0.1) is 19.5 Å². The van der Waals surface area contributed by atoms with E-state index in [9.17, 15) is 4.79 Å². The van der Waals surface area contributed by atoms with Gasteiger partial charge in [-0.1, -0.05) is 6.07 Å². The summed E-state index contributed by atoms with van der Waals surface area (Å²) in [5.41, 5.74) is 2.68. The van der Waals surface area contributed by atoms with E-state index in [1.54, 1.807) is 12.3 Å². The molecule has 0 spiro atoms. The maximum absolute atomic E-state index is 11.1. The van der Waals surface area contributed by atoms with E-state index < -0.39 is 0 Å². The Balaban J connectivity index is 1.72. The highest BCUT2D eigenvalue weighted by atomic mass is 16.5. The lowest BCUT2D eigenvalue weighted by Crippen LogP contribution is -2.06. The van der Waals surface area contributed by atoms with Gasteiger partial charge in [-0.3, -0.25) is 4.79 Å². The zero-order valence-electron chi connectivity index (χ0n) is 13.9. The molecule has 0 fully saturated rings. The minimum absolute atomic E-state index is 0.0181. The third-order valence-electron chi connectivity index (χ3n) is 4.05. The first-order valence-electron chi connectivity index (χ1n) is 8.24. The molecular weight excluding hydrogens is 320 g/mol. The molecule has 5 nitrogen and oxygen atoms in total. The van der Waals surface area contributed by atoms with Gasteiger partial charge in [0.15, 0.2) is 17.3 Å². The van der Waals surface area contributed by atoms with E-state index in [0.717, 1.165) is 40.0 Å². The van der Waals surface area contributed by atoms with Crippen LogP contribution in [-0.2, 0) is 4.79 Å². The van der Waals surface area contributed by atoms with E-state index >= 15 is 0 Å². The number of hydrogen-bond donors (Lipinski definition) is 0. The van der Waals surface area contributed by atoms with Crippen LogP contribution in [0, 0.1) is 0 Å². The lowest BCUT2D eigenvalue weighted by atomic mass is 10.0. The number of hydrogen-bond acceptors (Lipinski definition) is 5. The zero-order chi connectivity index (χ0) is 17.2. The number of carbonyl (C=O) groups is 1. The molecule has 5 heteroatoms. The molecule has 4 rings (SSSR count). The predicted octanol–water partition coefficient (Wildman–Crippen LogP) is 4.23. The SMILES string of the molecule is CC(=O)COc1ccc2occ(-c3ccc4c(c3)OCCCO4)c2c1. The van der Waals surface area contributed by atoms with Crippen LogP contribution in [0.4, 0.5) is 0 Å². The fourth-order valence-electron chi connectivity index (χ4n) is 2.84. The third kappa shape index (κ3) is 3.18. The second kappa shape index (κ2) is 6.51. The Bertz CT molecular complexity index is 925. The van der Waals surface area contributed by atoms with Crippen molar-refractivity contribution in [2.75, 3.05) is 19.8 Å². The number of furan rings is 1. The maximum Gasteiger partial charge on any atom is 0.167 e. The summed E-state index contributed by atoms with van der Waals surface area (Å²) in [5, 5.41) is 0.926. The van der Waals surface area contributed by atoms with Crippen molar-refractivity contribution in [1.29, 1.82) is 0 Å². The lowest BCUT2D eigenvalue weighted by molar-refractivity contribution is -0.118. The van der Waals surface area contributed by atoms with Crippen LogP contribution in [-0.4, -0.2) is 25.6 Å². The molecule has 0 aliphatic carbocycles. The van der Waals surface area contributed by atoms with Gasteiger partial charge >= 0.3 is 0 Å². The summed E-state index contributed by atoms with van der Waals surface area (Å²) in [7, 11) is 0. The van der Waals surface area contributed by atoms with Gasteiger partial charge in [-0.25, -0.2) is 0 Å². The van der Waals surface area contributed by atoms with Crippen LogP contribution in [0.3, 0.4) is 0 Å². The maximum atomic E-state index is 11.1. The normalized spacial score (nSPS) is 13.5. The molecule has 0 radical (unpaired) electrons. The van der Waals surface area contributed by atoms with Gasteiger partial charge in [-0.15, -0.1) is 0 Å². The molecule has 0 unspecified atom stereocenters. The van der Waals surface area contributed by atoms with E-state index in [-0.39, 0.29) is 12.4 Å². The van der Waals surface area contributed by atoms with Gasteiger partial charge in [-0.05, 0) is 42.8 Å². The Morgan fingerprint density at radius 2 is 1.92 bits per heavy atom. The summed E-state index contributed by atoms with van der Waals surface area (Å²) < 4.78 is 22.6. The van der Waals surface area contributed by atoms with Gasteiger partial charge in [0.2, 0.25) is 0 Å². The van der Waals surface area contributed by atoms with Crippen LogP contribution in [0.1, 0.15) is 13.3 Å². The number of carbonyl (C=O) groups excluding carboxylic acids is 1. The summed E-state index contributed by atoms with van der Waals surface area (Å²) in [6.45, 7) is 2.87. The Morgan fingerprint density at radius 3 is 2.76 bits per heavy atom. The predicted molar refractivity (Wildman–Crippen MR) is 93.4 cm³/mol. The highest BCUT2D eigenvalue weighted by molar-refractivity contribution is 5.95. The highest BCUT2D eigenvalue weighted by Gasteiger charge is 2.15. The van der Waals surface area contributed by atoms with Gasteiger partial charge in [0, 0.05) is 17.4 Å². The first-order chi connectivity index (χ1) is 12.2. The van der Waals surface area contributed by atoms with Crippen molar-refractivity contribution in [1.82, 2.24) is 0 Å². The van der Waals surface area contributed by atoms with E-state index in [1.165, 1.54) is 6.92 Å². The average molecular weight is 338 g/mol. The Hall–Kier alpha value is -2.95. The van der Waals surface area contributed by atoms with Gasteiger partial charge in [-0.2, -0.15) is 0 Å². The topological polar surface area (TPSA) is 57.9 Å². The quantitative estimate of drug-likeness (QED) is 0.712. The zero-order valence-corrected chi connectivity index (χ0v) is 13.9. The lowest BCUT2D eigenvalue weighted by Gasteiger charge is -2.09. The van der Waals surface area contributed by atoms with Gasteiger partial charge in [0.25, 0.3) is 0 Å². The summed E-state index contributed by atoms with van der Waals surface area (Å²) in [6, 6.07) is 11.4. The number of ether oxygens (including phenoxy) is 3. The van der Waals surface area contributed by atoms with Crippen LogP contribution in [0.15, 0.2) is 47.1 Å². The molecule has 1 aliphatic rings. The number of fused-ring (bicyclic) bond motifs is 2. The Labute approximate surface area is 145 Å². The largest absolute Gasteiger partial charge is 0.490 e. The molecule has 0 bridgehead atoms. The number of ketones is 1. The molecule has 25 heavy (non-hydrogen) atoms. The molecule has 0 amide bonds. The summed E-state index contributed by atoms with van der Waals surface area (Å²) in [4.78, 5) is 11.1. The fourth-order valence-corrected chi connectivity index (χ4v) is 2.84. The number of rotatable bonds is 4. The molecule has 1 aromatic heterocycles. The molecule has 1 aliphatic heterocycles. The molecule has 3 aromatic rings. The molecule has 0 saturated carbocycles. The molecule has 0 N–H and O–H groups in total. The monoisotopic (exact) mass is 338 g/mol. The Morgan fingerprint density at radius 1 is 1.08 bits per heavy atom. The van der Waals surface area contributed by atoms with Crippen molar-refractivity contribution in [3.63, 3.8) is 0 Å². The second-order valence-corrected chi connectivity index (χ2v) is 6.01. The minimum atomic E-state index is -0.0181. The van der Waals surface area contributed by atoms with Crippen molar-refractivity contribution in [2.24, 2.45) is 0 Å². The van der Waals surface area contributed by atoms with Crippen molar-refractivity contribution < 1.29 is 23.4 Å². The molecule has 0 atom stereocenters. The van der Waals surface area contributed by atoms with Crippen LogP contribution in [0.5, 0.6) is 17.2 Å². The van der Waals surface area contributed by atoms with Crippen molar-refractivity contribution >= 4 is 16.8 Å². The number of Topliss-reactive ketones (excluding diaryl/α,β-unsaturated/α-hetero) is 1. The van der Waals surface area contributed by atoms with Crippen molar-refractivity contribution in [3.8, 4) is 28.4 Å². The average Bonchev–Trinajstić information content (AvgIpc) is 2.89. The summed E-state index contributed by atoms with van der Waals surface area (Å²) in [5.74, 6) is 2.13. The van der Waals surface area contributed by atoms with Crippen LogP contribution in [0.2, 0.25) is 0 Å². The van der Waals surface area contributed by atoms with Crippen molar-refractivity contribution in [3.05, 3.63) is 42.7 Å². The van der Waals surface area contributed by atoms with E-state index in [2.05, 4.69) is 0 Å². The van der Waals surface area contributed by atoms with E-state index in [0.29, 0.717) is 19.0 Å². The van der Waals surface area contributed by atoms with Gasteiger partial charge in [0.1, 0.15) is 17.9 Å². The fraction of sp³-hybridized carbons (Fsp3) is 0.250. The molecular formula is C20H18O5. The van der Waals surface area contributed by atoms with E-state index in [1.807, 2.05) is 30.3 Å². The minimum Gasteiger partial charge on any atom is -0.490 e. The molecule has 2 aromatic carbocycles. The van der Waals surface area contributed by atoms with Crippen molar-refractivity contribution in [2.45, 2.75) is 13.3 Å². The number of benzene rings is 2. The Kier molecular flexibility index (Phi) is 4.06. The smallest absolute Gasteiger partial charge is 0.167 e. The van der Waals surface area contributed by atoms with Crippen LogP contribution < -0.4 is 14.2 Å². The van der Waals surface area contributed by atoms with Gasteiger partial charge < -0.3 is 18.6 Å². The standard InChI is InChI=1S/C20H18O5/c1-13(21)11-24-15-4-6-18-16(10-15)17(12-25-18)14-3-5-19-20(9-14)23-8-2-7-22-19/h3-6,9-10,12H,2,7-8,11H2,1H3. The first-order valence-corrected chi connectivity index (χ1v) is 8.24. The first kappa shape index (κ1) is 15.6.